The zero-order valence-corrected chi connectivity index (χ0v) is 15.5. The lowest BCUT2D eigenvalue weighted by molar-refractivity contribution is -0.385. The molecule has 1 aliphatic rings. The summed E-state index contributed by atoms with van der Waals surface area (Å²) in [7, 11) is 1.57. The van der Waals surface area contributed by atoms with Crippen LogP contribution in [0.2, 0.25) is 0 Å². The molecule has 0 fully saturated rings. The number of ether oxygens (including phenoxy) is 4. The highest BCUT2D eigenvalue weighted by molar-refractivity contribution is 5.79. The molecule has 2 aromatic rings. The van der Waals surface area contributed by atoms with Crippen LogP contribution in [-0.4, -0.2) is 37.6 Å². The van der Waals surface area contributed by atoms with Crippen molar-refractivity contribution < 1.29 is 33.5 Å². The fourth-order valence-electron chi connectivity index (χ4n) is 2.57. The van der Waals surface area contributed by atoms with Crippen LogP contribution in [0.1, 0.15) is 16.7 Å². The summed E-state index contributed by atoms with van der Waals surface area (Å²) in [6.45, 7) is -0.405. The van der Waals surface area contributed by atoms with E-state index in [-0.39, 0.29) is 25.7 Å². The smallest absolute Gasteiger partial charge is 0.347 e. The molecular formula is C19H18N2O8. The first-order valence-corrected chi connectivity index (χ1v) is 8.52. The van der Waals surface area contributed by atoms with E-state index in [1.807, 2.05) is 0 Å². The summed E-state index contributed by atoms with van der Waals surface area (Å²) in [5, 5.41) is 14.8. The number of carbonyl (C=O) groups excluding carboxylic acids is 1. The quantitative estimate of drug-likeness (QED) is 0.286. The number of rotatable bonds is 8. The third-order valence-corrected chi connectivity index (χ3v) is 3.95. The number of nitro benzene ring substituents is 1. The summed E-state index contributed by atoms with van der Waals surface area (Å²) in [5.41, 5.74) is 1.54. The lowest BCUT2D eigenvalue weighted by Gasteiger charge is -2.20. The molecule has 0 spiro atoms. The van der Waals surface area contributed by atoms with Crippen LogP contribution in [0.15, 0.2) is 41.6 Å². The number of nitro groups is 1. The van der Waals surface area contributed by atoms with Crippen molar-refractivity contribution in [3.63, 3.8) is 0 Å². The molecule has 1 aliphatic heterocycles. The Balaban J connectivity index is 1.53. The van der Waals surface area contributed by atoms with Gasteiger partial charge in [-0.1, -0.05) is 5.16 Å². The molecule has 0 aliphatic carbocycles. The maximum atomic E-state index is 11.9. The first-order chi connectivity index (χ1) is 14.1. The lowest BCUT2D eigenvalue weighted by Crippen LogP contribution is -2.16. The van der Waals surface area contributed by atoms with Crippen LogP contribution in [0.4, 0.5) is 5.69 Å². The molecule has 1 heterocycles. The number of non-ortho nitro benzene ring substituents is 1. The highest BCUT2D eigenvalue weighted by Crippen LogP contribution is 2.33. The number of esters is 1. The van der Waals surface area contributed by atoms with Crippen molar-refractivity contribution in [2.24, 2.45) is 5.16 Å². The number of hydrogen-bond acceptors (Lipinski definition) is 9. The Labute approximate surface area is 165 Å². The van der Waals surface area contributed by atoms with E-state index in [0.717, 1.165) is 5.56 Å². The monoisotopic (exact) mass is 402 g/mol. The molecule has 10 nitrogen and oxygen atoms in total. The predicted octanol–water partition coefficient (Wildman–Crippen LogP) is 2.56. The molecule has 2 aromatic carbocycles. The Morgan fingerprint density at radius 2 is 2.10 bits per heavy atom. The van der Waals surface area contributed by atoms with Gasteiger partial charge in [0, 0.05) is 23.3 Å². The van der Waals surface area contributed by atoms with Gasteiger partial charge in [0.05, 0.1) is 24.9 Å². The molecule has 0 aromatic heterocycles. The van der Waals surface area contributed by atoms with Crippen LogP contribution >= 0.6 is 0 Å². The molecule has 0 saturated heterocycles. The van der Waals surface area contributed by atoms with Gasteiger partial charge in [0.15, 0.2) is 6.79 Å². The summed E-state index contributed by atoms with van der Waals surface area (Å²) in [5.74, 6) is 0.461. The van der Waals surface area contributed by atoms with Gasteiger partial charge in [0.1, 0.15) is 18.1 Å². The molecule has 0 bridgehead atoms. The van der Waals surface area contributed by atoms with Crippen molar-refractivity contribution in [2.45, 2.75) is 13.2 Å². The molecule has 0 amide bonds. The van der Waals surface area contributed by atoms with Crippen molar-refractivity contribution in [3.05, 3.63) is 63.2 Å². The number of benzene rings is 2. The van der Waals surface area contributed by atoms with Gasteiger partial charge in [-0.15, -0.1) is 0 Å². The van der Waals surface area contributed by atoms with E-state index < -0.39 is 17.5 Å². The van der Waals surface area contributed by atoms with E-state index in [0.29, 0.717) is 22.6 Å². The predicted molar refractivity (Wildman–Crippen MR) is 99.7 cm³/mol. The second-order valence-electron chi connectivity index (χ2n) is 5.90. The Kier molecular flexibility index (Phi) is 6.59. The molecule has 0 saturated carbocycles. The Bertz CT molecular complexity index is 911. The first kappa shape index (κ1) is 20.1. The fourth-order valence-corrected chi connectivity index (χ4v) is 2.57. The molecule has 10 heteroatoms. The van der Waals surface area contributed by atoms with Crippen LogP contribution in [0.25, 0.3) is 0 Å². The fraction of sp³-hybridized carbons (Fsp3) is 0.263. The van der Waals surface area contributed by atoms with Gasteiger partial charge in [-0.3, -0.25) is 10.1 Å². The minimum Gasteiger partial charge on any atom is -0.497 e. The van der Waals surface area contributed by atoms with Gasteiger partial charge in [0.2, 0.25) is 6.61 Å². The molecule has 0 atom stereocenters. The molecule has 0 unspecified atom stereocenters. The average Bonchev–Trinajstić information content (AvgIpc) is 2.75. The van der Waals surface area contributed by atoms with Gasteiger partial charge in [-0.25, -0.2) is 4.79 Å². The maximum Gasteiger partial charge on any atom is 0.347 e. The number of hydrogen-bond donors (Lipinski definition) is 0. The third kappa shape index (κ3) is 5.42. The molecule has 3 rings (SSSR count). The van der Waals surface area contributed by atoms with Crippen molar-refractivity contribution in [1.82, 2.24) is 0 Å². The first-order valence-electron chi connectivity index (χ1n) is 8.52. The second kappa shape index (κ2) is 9.51. The minimum atomic E-state index is -0.677. The van der Waals surface area contributed by atoms with Crippen molar-refractivity contribution in [3.8, 4) is 11.5 Å². The Morgan fingerprint density at radius 1 is 1.31 bits per heavy atom. The molecule has 152 valence electrons. The summed E-state index contributed by atoms with van der Waals surface area (Å²) in [6, 6.07) is 9.76. The Hall–Kier alpha value is -3.66. The molecular weight excluding hydrogens is 384 g/mol. The van der Waals surface area contributed by atoms with Crippen LogP contribution in [0.3, 0.4) is 0 Å². The second-order valence-corrected chi connectivity index (χ2v) is 5.90. The number of oxime groups is 1. The third-order valence-electron chi connectivity index (χ3n) is 3.95. The SMILES string of the molecule is COc1ccc(/C=N\OCC(=O)OCc2cc([N+](=O)[O-])cc3c2OCOC3)cc1. The van der Waals surface area contributed by atoms with Crippen molar-refractivity contribution in [1.29, 1.82) is 0 Å². The van der Waals surface area contributed by atoms with Crippen LogP contribution < -0.4 is 9.47 Å². The van der Waals surface area contributed by atoms with Crippen LogP contribution in [0.5, 0.6) is 11.5 Å². The largest absolute Gasteiger partial charge is 0.497 e. The average molecular weight is 402 g/mol. The van der Waals surface area contributed by atoms with E-state index in [1.165, 1.54) is 18.3 Å². The van der Waals surface area contributed by atoms with Gasteiger partial charge in [-0.05, 0) is 29.8 Å². The maximum absolute atomic E-state index is 11.9. The number of methoxy groups -OCH3 is 1. The van der Waals surface area contributed by atoms with E-state index in [9.17, 15) is 14.9 Å². The highest BCUT2D eigenvalue weighted by atomic mass is 16.7. The summed E-state index contributed by atoms with van der Waals surface area (Å²) >= 11 is 0. The normalized spacial score (nSPS) is 12.7. The summed E-state index contributed by atoms with van der Waals surface area (Å²) in [6.07, 6.45) is 1.44. The zero-order valence-electron chi connectivity index (χ0n) is 15.5. The molecule has 0 N–H and O–H groups in total. The zero-order chi connectivity index (χ0) is 20.6. The standard InChI is InChI=1S/C19H18N2O8/c1-25-17-4-2-13(3-5-17)8-20-29-11-18(22)27-10-15-7-16(21(23)24)6-14-9-26-12-28-19(14)15/h2-8H,9-12H2,1H3/b20-8-. The van der Waals surface area contributed by atoms with Gasteiger partial charge in [-0.2, -0.15) is 0 Å². The van der Waals surface area contributed by atoms with Crippen molar-refractivity contribution >= 4 is 17.9 Å². The summed E-state index contributed by atoms with van der Waals surface area (Å²) < 4.78 is 20.7. The Morgan fingerprint density at radius 3 is 2.83 bits per heavy atom. The molecule has 29 heavy (non-hydrogen) atoms. The van der Waals surface area contributed by atoms with E-state index in [4.69, 9.17) is 23.8 Å². The molecule has 0 radical (unpaired) electrons. The number of carbonyl (C=O) groups is 1. The van der Waals surface area contributed by atoms with E-state index in [2.05, 4.69) is 5.16 Å². The van der Waals surface area contributed by atoms with Gasteiger partial charge < -0.3 is 23.8 Å². The van der Waals surface area contributed by atoms with Crippen LogP contribution in [-0.2, 0) is 32.3 Å². The van der Waals surface area contributed by atoms with Crippen molar-refractivity contribution in [2.75, 3.05) is 20.5 Å². The van der Waals surface area contributed by atoms with Gasteiger partial charge in [0.25, 0.3) is 5.69 Å². The van der Waals surface area contributed by atoms with Gasteiger partial charge >= 0.3 is 5.97 Å². The van der Waals surface area contributed by atoms with E-state index in [1.54, 1.807) is 31.4 Å². The minimum absolute atomic E-state index is 0.0228. The topological polar surface area (TPSA) is 119 Å². The number of fused-ring (bicyclic) bond motifs is 1. The van der Waals surface area contributed by atoms with E-state index >= 15 is 0 Å². The lowest BCUT2D eigenvalue weighted by atomic mass is 10.1. The number of nitrogens with zero attached hydrogens (tertiary/aromatic N) is 2. The summed E-state index contributed by atoms with van der Waals surface area (Å²) in [4.78, 5) is 27.3. The highest BCUT2D eigenvalue weighted by Gasteiger charge is 2.21. The van der Waals surface area contributed by atoms with Crippen LogP contribution in [0, 0.1) is 10.1 Å².